The molecule has 0 saturated carbocycles. The van der Waals surface area contributed by atoms with Gasteiger partial charge in [-0.25, -0.2) is 4.98 Å². The summed E-state index contributed by atoms with van der Waals surface area (Å²) in [4.78, 5) is 12.5. The Morgan fingerprint density at radius 3 is 2.86 bits per heavy atom. The highest BCUT2D eigenvalue weighted by Crippen LogP contribution is 2.49. The third-order valence-corrected chi connectivity index (χ3v) is 6.91. The number of imidazole rings is 1. The largest absolute Gasteiger partial charge is 0.396 e. The van der Waals surface area contributed by atoms with Crippen LogP contribution in [-0.2, 0) is 17.8 Å². The topological polar surface area (TPSA) is 88.4 Å². The number of H-pyrrole nitrogens is 1. The van der Waals surface area contributed by atoms with Crippen LogP contribution in [0.15, 0.2) is 30.6 Å². The van der Waals surface area contributed by atoms with Gasteiger partial charge in [-0.2, -0.15) is 5.26 Å². The van der Waals surface area contributed by atoms with E-state index in [-0.39, 0.29) is 24.2 Å². The van der Waals surface area contributed by atoms with Crippen LogP contribution in [0.5, 0.6) is 0 Å². The number of likely N-dealkylation sites (tertiary alicyclic amines) is 2. The molecule has 4 heterocycles. The van der Waals surface area contributed by atoms with Crippen molar-refractivity contribution in [2.24, 2.45) is 11.8 Å². The zero-order valence-corrected chi connectivity index (χ0v) is 16.7. The molecule has 7 heteroatoms. The number of ether oxygens (including phenoxy) is 1. The molecule has 2 N–H and O–H groups in total. The minimum atomic E-state index is -0.229. The van der Waals surface area contributed by atoms with Crippen molar-refractivity contribution in [3.05, 3.63) is 53.1 Å². The molecule has 2 bridgehead atoms. The summed E-state index contributed by atoms with van der Waals surface area (Å²) in [6, 6.07) is 10.1. The Bertz CT molecular complexity index is 937. The molecule has 7 nitrogen and oxygen atoms in total. The Morgan fingerprint density at radius 1 is 1.31 bits per heavy atom. The maximum Gasteiger partial charge on any atom is 0.0991 e. The van der Waals surface area contributed by atoms with Crippen molar-refractivity contribution in [1.29, 1.82) is 5.26 Å². The molecule has 0 aliphatic carbocycles. The number of aryl methyl sites for hydroxylation is 1. The molecule has 5 rings (SSSR count). The second-order valence-corrected chi connectivity index (χ2v) is 8.80. The highest BCUT2D eigenvalue weighted by Gasteiger charge is 2.62. The summed E-state index contributed by atoms with van der Waals surface area (Å²) in [7, 11) is 0. The van der Waals surface area contributed by atoms with Crippen molar-refractivity contribution >= 4 is 0 Å². The first-order valence-corrected chi connectivity index (χ1v) is 10.3. The van der Waals surface area contributed by atoms with Gasteiger partial charge in [-0.3, -0.25) is 9.80 Å². The average molecular weight is 393 g/mol. The lowest BCUT2D eigenvalue weighted by Gasteiger charge is -2.40. The number of aromatic nitrogens is 2. The van der Waals surface area contributed by atoms with Gasteiger partial charge >= 0.3 is 0 Å². The van der Waals surface area contributed by atoms with Crippen molar-refractivity contribution in [1.82, 2.24) is 19.8 Å². The van der Waals surface area contributed by atoms with Gasteiger partial charge < -0.3 is 14.8 Å². The summed E-state index contributed by atoms with van der Waals surface area (Å²) in [5, 5.41) is 19.3. The molecule has 3 aliphatic rings. The van der Waals surface area contributed by atoms with Gasteiger partial charge in [-0.1, -0.05) is 12.1 Å². The van der Waals surface area contributed by atoms with E-state index in [1.165, 1.54) is 0 Å². The number of aliphatic hydroxyl groups is 1. The standard InChI is InChI=1S/C22H27N5O2/c1-15-20(25-14-24-15)9-27-8-19-18(11-28)21-10-26(12-22(19,13-27)29-21)7-17-4-2-3-16(5-17)6-23/h2-5,14,18-19,21,28H,7-13H2,1H3,(H,24,25)/t18-,19+,21+,22+/m0/s1. The number of nitrogens with zero attached hydrogens (tertiary/aromatic N) is 4. The fourth-order valence-electron chi connectivity index (χ4n) is 5.62. The number of nitrogens with one attached hydrogen (secondary N) is 1. The molecule has 4 atom stereocenters. The Morgan fingerprint density at radius 2 is 2.14 bits per heavy atom. The zero-order valence-electron chi connectivity index (χ0n) is 16.7. The van der Waals surface area contributed by atoms with E-state index in [9.17, 15) is 10.4 Å². The van der Waals surface area contributed by atoms with E-state index >= 15 is 0 Å². The van der Waals surface area contributed by atoms with Crippen LogP contribution in [0.25, 0.3) is 0 Å². The molecule has 152 valence electrons. The Balaban J connectivity index is 1.35. The summed E-state index contributed by atoms with van der Waals surface area (Å²) in [5.41, 5.74) is 3.82. The van der Waals surface area contributed by atoms with Gasteiger partial charge in [0.15, 0.2) is 0 Å². The van der Waals surface area contributed by atoms with E-state index in [0.29, 0.717) is 11.5 Å². The van der Waals surface area contributed by atoms with Crippen LogP contribution in [0.3, 0.4) is 0 Å². The molecule has 3 fully saturated rings. The van der Waals surface area contributed by atoms with E-state index in [1.54, 1.807) is 6.33 Å². The van der Waals surface area contributed by atoms with Gasteiger partial charge in [0.1, 0.15) is 0 Å². The lowest BCUT2D eigenvalue weighted by molar-refractivity contribution is -0.120. The summed E-state index contributed by atoms with van der Waals surface area (Å²) in [6.45, 7) is 7.33. The Hall–Kier alpha value is -2.24. The Labute approximate surface area is 170 Å². The molecule has 1 aromatic heterocycles. The van der Waals surface area contributed by atoms with Crippen LogP contribution in [0.2, 0.25) is 0 Å². The van der Waals surface area contributed by atoms with Crippen LogP contribution in [0.4, 0.5) is 0 Å². The Kier molecular flexibility index (Phi) is 4.67. The summed E-state index contributed by atoms with van der Waals surface area (Å²) in [5.74, 6) is 0.517. The van der Waals surface area contributed by atoms with E-state index in [1.807, 2.05) is 18.2 Å². The zero-order chi connectivity index (χ0) is 20.0. The predicted molar refractivity (Wildman–Crippen MR) is 107 cm³/mol. The second kappa shape index (κ2) is 7.22. The number of rotatable bonds is 5. The maximum absolute atomic E-state index is 10.1. The summed E-state index contributed by atoms with van der Waals surface area (Å²) in [6.07, 6.45) is 1.83. The van der Waals surface area contributed by atoms with Crippen LogP contribution in [-0.4, -0.2) is 69.4 Å². The van der Waals surface area contributed by atoms with Gasteiger partial charge in [-0.05, 0) is 24.6 Å². The van der Waals surface area contributed by atoms with Crippen LogP contribution < -0.4 is 0 Å². The fourth-order valence-corrected chi connectivity index (χ4v) is 5.62. The van der Waals surface area contributed by atoms with Gasteiger partial charge in [0.2, 0.25) is 0 Å². The number of morpholine rings is 1. The average Bonchev–Trinajstić information content (AvgIpc) is 3.31. The first-order valence-electron chi connectivity index (χ1n) is 10.3. The van der Waals surface area contributed by atoms with Crippen molar-refractivity contribution in [3.8, 4) is 6.07 Å². The first-order chi connectivity index (χ1) is 14.1. The van der Waals surface area contributed by atoms with E-state index in [0.717, 1.165) is 56.2 Å². The summed E-state index contributed by atoms with van der Waals surface area (Å²) < 4.78 is 6.58. The van der Waals surface area contributed by atoms with Crippen LogP contribution in [0.1, 0.15) is 22.5 Å². The highest BCUT2D eigenvalue weighted by atomic mass is 16.5. The quantitative estimate of drug-likeness (QED) is 0.796. The van der Waals surface area contributed by atoms with Gasteiger partial charge in [0.05, 0.1) is 35.4 Å². The number of fused-ring (bicyclic) bond motifs is 1. The molecule has 3 saturated heterocycles. The molecular weight excluding hydrogens is 366 g/mol. The molecule has 0 radical (unpaired) electrons. The SMILES string of the molecule is Cc1[nH]cnc1CN1C[C@@H]2[C@H](CO)[C@H]3CN(Cc4cccc(C#N)c4)C[C@]2(C1)O3. The molecule has 29 heavy (non-hydrogen) atoms. The van der Waals surface area contributed by atoms with E-state index in [2.05, 4.69) is 38.8 Å². The minimum absolute atomic E-state index is 0.0761. The van der Waals surface area contributed by atoms with Crippen molar-refractivity contribution in [2.75, 3.05) is 32.8 Å². The minimum Gasteiger partial charge on any atom is -0.396 e. The van der Waals surface area contributed by atoms with Crippen LogP contribution in [0, 0.1) is 30.1 Å². The van der Waals surface area contributed by atoms with Gasteiger partial charge in [-0.15, -0.1) is 0 Å². The van der Waals surface area contributed by atoms with Crippen molar-refractivity contribution < 1.29 is 9.84 Å². The number of benzene rings is 1. The fraction of sp³-hybridized carbons (Fsp3) is 0.545. The molecule has 1 spiro atoms. The lowest BCUT2D eigenvalue weighted by Crippen LogP contribution is -2.53. The molecule has 0 unspecified atom stereocenters. The van der Waals surface area contributed by atoms with Gasteiger partial charge in [0, 0.05) is 63.4 Å². The third kappa shape index (κ3) is 3.26. The molecule has 3 aliphatic heterocycles. The number of nitriles is 1. The second-order valence-electron chi connectivity index (χ2n) is 8.80. The molecular formula is C22H27N5O2. The van der Waals surface area contributed by atoms with Crippen molar-refractivity contribution in [2.45, 2.75) is 31.7 Å². The first kappa shape index (κ1) is 18.8. The number of hydrogen-bond acceptors (Lipinski definition) is 6. The third-order valence-electron chi connectivity index (χ3n) is 6.91. The van der Waals surface area contributed by atoms with E-state index < -0.39 is 0 Å². The van der Waals surface area contributed by atoms with Gasteiger partial charge in [0.25, 0.3) is 0 Å². The number of aromatic amines is 1. The van der Waals surface area contributed by atoms with E-state index in [4.69, 9.17) is 4.74 Å². The highest BCUT2D eigenvalue weighted by molar-refractivity contribution is 5.32. The normalized spacial score (nSPS) is 31.7. The number of aliphatic hydroxyl groups excluding tert-OH is 1. The molecule has 1 aromatic carbocycles. The molecule has 0 amide bonds. The monoisotopic (exact) mass is 393 g/mol. The van der Waals surface area contributed by atoms with Crippen LogP contribution >= 0.6 is 0 Å². The predicted octanol–water partition coefficient (Wildman–Crippen LogP) is 1.28. The number of hydrogen-bond donors (Lipinski definition) is 2. The molecule has 2 aromatic rings. The maximum atomic E-state index is 10.1. The lowest BCUT2D eigenvalue weighted by atomic mass is 9.83. The van der Waals surface area contributed by atoms with Crippen molar-refractivity contribution in [3.63, 3.8) is 0 Å². The summed E-state index contributed by atoms with van der Waals surface area (Å²) >= 11 is 0. The smallest absolute Gasteiger partial charge is 0.0991 e.